The van der Waals surface area contributed by atoms with Crippen molar-refractivity contribution >= 4 is 21.8 Å². The largest absolute Gasteiger partial charge is 0.457 e. The summed E-state index contributed by atoms with van der Waals surface area (Å²) in [4.78, 5) is 13.7. The number of carbonyl (C=O) groups excluding carboxylic acids is 1. The molecular weight excluding hydrogens is 274 g/mol. The highest BCUT2D eigenvalue weighted by Gasteiger charge is 2.19. The van der Waals surface area contributed by atoms with Crippen molar-refractivity contribution in [3.05, 3.63) is 22.6 Å². The third-order valence-electron chi connectivity index (χ3n) is 2.29. The molecule has 0 aliphatic rings. The summed E-state index contributed by atoms with van der Waals surface area (Å²) in [7, 11) is 0. The summed E-state index contributed by atoms with van der Waals surface area (Å²) in [5.74, 6) is -0.108. The number of rotatable bonds is 6. The molecule has 1 aromatic heterocycles. The number of furan rings is 1. The van der Waals surface area contributed by atoms with E-state index in [1.54, 1.807) is 11.0 Å². The van der Waals surface area contributed by atoms with E-state index in [1.807, 2.05) is 0 Å². The molecule has 0 radical (unpaired) electrons. The molecule has 90 valence electrons. The van der Waals surface area contributed by atoms with Gasteiger partial charge in [0, 0.05) is 13.1 Å². The minimum absolute atomic E-state index is 0.0229. The number of aliphatic hydroxyl groups excluding tert-OH is 1. The maximum absolute atomic E-state index is 12.0. The van der Waals surface area contributed by atoms with Gasteiger partial charge in [-0.1, -0.05) is 13.3 Å². The first-order chi connectivity index (χ1) is 7.70. The summed E-state index contributed by atoms with van der Waals surface area (Å²) < 4.78 is 5.47. The lowest BCUT2D eigenvalue weighted by molar-refractivity contribution is 0.0717. The number of amides is 1. The van der Waals surface area contributed by atoms with Crippen molar-refractivity contribution in [1.29, 1.82) is 0 Å². The molecule has 0 bridgehead atoms. The van der Waals surface area contributed by atoms with Crippen LogP contribution in [0.4, 0.5) is 0 Å². The number of carbonyl (C=O) groups is 1. The minimum Gasteiger partial charge on any atom is -0.457 e. The van der Waals surface area contributed by atoms with Gasteiger partial charge >= 0.3 is 0 Å². The Labute approximate surface area is 103 Å². The lowest BCUT2D eigenvalue weighted by Crippen LogP contribution is -2.34. The van der Waals surface area contributed by atoms with Gasteiger partial charge in [0.25, 0.3) is 5.91 Å². The van der Waals surface area contributed by atoms with Gasteiger partial charge in [-0.2, -0.15) is 0 Å². The molecule has 1 N–H and O–H groups in total. The molecule has 0 saturated heterocycles. The molecule has 1 heterocycles. The van der Waals surface area contributed by atoms with Gasteiger partial charge in [-0.25, -0.2) is 0 Å². The third kappa shape index (κ3) is 3.35. The maximum atomic E-state index is 12.0. The van der Waals surface area contributed by atoms with Crippen LogP contribution in [0.25, 0.3) is 0 Å². The van der Waals surface area contributed by atoms with E-state index in [1.165, 1.54) is 6.26 Å². The fourth-order valence-corrected chi connectivity index (χ4v) is 1.81. The first-order valence-electron chi connectivity index (χ1n) is 5.33. The van der Waals surface area contributed by atoms with Gasteiger partial charge in [-0.05, 0) is 28.4 Å². The second-order valence-corrected chi connectivity index (χ2v) is 4.20. The van der Waals surface area contributed by atoms with Gasteiger partial charge < -0.3 is 14.4 Å². The van der Waals surface area contributed by atoms with Crippen molar-refractivity contribution in [3.63, 3.8) is 0 Å². The molecule has 0 aromatic carbocycles. The smallest absolute Gasteiger partial charge is 0.258 e. The average Bonchev–Trinajstić information content (AvgIpc) is 2.69. The van der Waals surface area contributed by atoms with E-state index in [4.69, 9.17) is 9.52 Å². The van der Waals surface area contributed by atoms with Gasteiger partial charge in [-0.15, -0.1) is 0 Å². The van der Waals surface area contributed by atoms with Crippen LogP contribution < -0.4 is 0 Å². The number of nitrogens with zero attached hydrogens (tertiary/aromatic N) is 1. The zero-order valence-electron chi connectivity index (χ0n) is 9.28. The Morgan fingerprint density at radius 1 is 1.56 bits per heavy atom. The molecule has 1 aromatic rings. The SMILES string of the molecule is CCCCN(CCO)C(=O)c1ccoc1Br. The zero-order valence-corrected chi connectivity index (χ0v) is 10.9. The predicted molar refractivity (Wildman–Crippen MR) is 64.3 cm³/mol. The van der Waals surface area contributed by atoms with Gasteiger partial charge in [0.1, 0.15) is 0 Å². The molecule has 16 heavy (non-hydrogen) atoms. The molecule has 1 rings (SSSR count). The number of aliphatic hydroxyl groups is 1. The molecule has 0 atom stereocenters. The van der Waals surface area contributed by atoms with Crippen LogP contribution in [0.2, 0.25) is 0 Å². The zero-order chi connectivity index (χ0) is 12.0. The van der Waals surface area contributed by atoms with E-state index in [2.05, 4.69) is 22.9 Å². The van der Waals surface area contributed by atoms with E-state index in [0.29, 0.717) is 23.3 Å². The van der Waals surface area contributed by atoms with E-state index in [-0.39, 0.29) is 12.5 Å². The van der Waals surface area contributed by atoms with Crippen LogP contribution in [-0.2, 0) is 0 Å². The summed E-state index contributed by atoms with van der Waals surface area (Å²) in [5, 5.41) is 8.92. The summed E-state index contributed by atoms with van der Waals surface area (Å²) in [5.41, 5.74) is 0.504. The van der Waals surface area contributed by atoms with Crippen LogP contribution in [0, 0.1) is 0 Å². The molecule has 0 fully saturated rings. The summed E-state index contributed by atoms with van der Waals surface area (Å²) in [6.45, 7) is 3.06. The fraction of sp³-hybridized carbons (Fsp3) is 0.545. The van der Waals surface area contributed by atoms with Gasteiger partial charge in [0.2, 0.25) is 0 Å². The van der Waals surface area contributed by atoms with E-state index >= 15 is 0 Å². The fourth-order valence-electron chi connectivity index (χ4n) is 1.40. The van der Waals surface area contributed by atoms with Crippen molar-refractivity contribution in [2.24, 2.45) is 0 Å². The van der Waals surface area contributed by atoms with Crippen LogP contribution in [0.15, 0.2) is 21.4 Å². The lowest BCUT2D eigenvalue weighted by Gasteiger charge is -2.20. The number of hydrogen-bond acceptors (Lipinski definition) is 3. The molecule has 4 nitrogen and oxygen atoms in total. The third-order valence-corrected chi connectivity index (χ3v) is 2.90. The number of hydrogen-bond donors (Lipinski definition) is 1. The van der Waals surface area contributed by atoms with Crippen molar-refractivity contribution < 1.29 is 14.3 Å². The second-order valence-electron chi connectivity index (χ2n) is 3.48. The molecular formula is C11H16BrNO3. The van der Waals surface area contributed by atoms with Gasteiger partial charge in [-0.3, -0.25) is 4.79 Å². The van der Waals surface area contributed by atoms with Crippen LogP contribution in [-0.4, -0.2) is 35.6 Å². The Kier molecular flexibility index (Phi) is 5.55. The van der Waals surface area contributed by atoms with E-state index in [0.717, 1.165) is 12.8 Å². The van der Waals surface area contributed by atoms with Gasteiger partial charge in [0.15, 0.2) is 4.67 Å². The Morgan fingerprint density at radius 2 is 2.31 bits per heavy atom. The summed E-state index contributed by atoms with van der Waals surface area (Å²) in [6, 6.07) is 1.63. The molecule has 0 unspecified atom stereocenters. The molecule has 0 saturated carbocycles. The molecule has 0 aliphatic carbocycles. The molecule has 0 aliphatic heterocycles. The van der Waals surface area contributed by atoms with Crippen molar-refractivity contribution in [2.45, 2.75) is 19.8 Å². The molecule has 0 spiro atoms. The highest BCUT2D eigenvalue weighted by Crippen LogP contribution is 2.19. The quantitative estimate of drug-likeness (QED) is 0.874. The minimum atomic E-state index is -0.108. The number of unbranched alkanes of at least 4 members (excludes halogenated alkanes) is 1. The van der Waals surface area contributed by atoms with Crippen LogP contribution in [0.5, 0.6) is 0 Å². The molecule has 1 amide bonds. The second kappa shape index (κ2) is 6.70. The first kappa shape index (κ1) is 13.3. The topological polar surface area (TPSA) is 53.7 Å². The lowest BCUT2D eigenvalue weighted by atomic mass is 10.2. The van der Waals surface area contributed by atoms with Crippen LogP contribution in [0.1, 0.15) is 30.1 Å². The highest BCUT2D eigenvalue weighted by molar-refractivity contribution is 9.10. The predicted octanol–water partition coefficient (Wildman–Crippen LogP) is 2.28. The van der Waals surface area contributed by atoms with Crippen LogP contribution in [0.3, 0.4) is 0 Å². The Morgan fingerprint density at radius 3 is 2.81 bits per heavy atom. The standard InChI is InChI=1S/C11H16BrNO3/c1-2-3-5-13(6-7-14)11(15)9-4-8-16-10(9)12/h4,8,14H,2-3,5-7H2,1H3. The highest BCUT2D eigenvalue weighted by atomic mass is 79.9. The monoisotopic (exact) mass is 289 g/mol. The Hall–Kier alpha value is -0.810. The Bertz CT molecular complexity index is 338. The van der Waals surface area contributed by atoms with Crippen molar-refractivity contribution in [2.75, 3.05) is 19.7 Å². The van der Waals surface area contributed by atoms with E-state index < -0.39 is 0 Å². The summed E-state index contributed by atoms with van der Waals surface area (Å²) in [6.07, 6.45) is 3.41. The van der Waals surface area contributed by atoms with Crippen molar-refractivity contribution in [3.8, 4) is 0 Å². The first-order valence-corrected chi connectivity index (χ1v) is 6.13. The van der Waals surface area contributed by atoms with Crippen LogP contribution >= 0.6 is 15.9 Å². The van der Waals surface area contributed by atoms with Crippen molar-refractivity contribution in [1.82, 2.24) is 4.90 Å². The van der Waals surface area contributed by atoms with Gasteiger partial charge in [0.05, 0.1) is 18.4 Å². The summed E-state index contributed by atoms with van der Waals surface area (Å²) >= 11 is 3.18. The van der Waals surface area contributed by atoms with E-state index in [9.17, 15) is 4.79 Å². The molecule has 5 heteroatoms. The Balaban J connectivity index is 2.70. The average molecular weight is 290 g/mol. The normalized spacial score (nSPS) is 10.4. The maximum Gasteiger partial charge on any atom is 0.258 e. The number of halogens is 1.